The van der Waals surface area contributed by atoms with Crippen molar-refractivity contribution in [3.05, 3.63) is 24.5 Å². The van der Waals surface area contributed by atoms with Crippen LogP contribution in [-0.2, 0) is 0 Å². The maximum Gasteiger partial charge on any atom is 0.0553 e. The van der Waals surface area contributed by atoms with Gasteiger partial charge in [0.1, 0.15) is 0 Å². The van der Waals surface area contributed by atoms with E-state index in [4.69, 9.17) is 0 Å². The second-order valence-corrected chi connectivity index (χ2v) is 6.20. The third-order valence-electron chi connectivity index (χ3n) is 3.49. The Kier molecular flexibility index (Phi) is 6.51. The third-order valence-corrected chi connectivity index (χ3v) is 4.69. The van der Waals surface area contributed by atoms with Gasteiger partial charge in [0.05, 0.1) is 11.9 Å². The predicted octanol–water partition coefficient (Wildman–Crippen LogP) is 3.43. The van der Waals surface area contributed by atoms with Crippen LogP contribution in [0.5, 0.6) is 0 Å². The zero-order chi connectivity index (χ0) is 13.3. The minimum atomic E-state index is 1.12. The van der Waals surface area contributed by atoms with E-state index in [1.807, 2.05) is 30.4 Å². The predicted molar refractivity (Wildman–Crippen MR) is 84.6 cm³/mol. The van der Waals surface area contributed by atoms with Crippen LogP contribution in [0.3, 0.4) is 0 Å². The molecular weight excluding hydrogens is 254 g/mol. The topological polar surface area (TPSA) is 19.4 Å². The molecule has 0 amide bonds. The van der Waals surface area contributed by atoms with Crippen molar-refractivity contribution in [3.63, 3.8) is 0 Å². The largest absolute Gasteiger partial charge is 0.369 e. The lowest BCUT2D eigenvalue weighted by Gasteiger charge is -2.22. The summed E-state index contributed by atoms with van der Waals surface area (Å²) in [7, 11) is 0. The van der Waals surface area contributed by atoms with Crippen LogP contribution in [0.4, 0.5) is 5.69 Å². The Bertz CT molecular complexity index is 345. The Morgan fingerprint density at radius 2 is 2.16 bits per heavy atom. The number of aromatic nitrogens is 1. The van der Waals surface area contributed by atoms with Gasteiger partial charge in [0.2, 0.25) is 0 Å². The number of hydrogen-bond donors (Lipinski definition) is 0. The van der Waals surface area contributed by atoms with Crippen molar-refractivity contribution >= 4 is 17.6 Å². The molecule has 0 aromatic carbocycles. The Hall–Kier alpha value is -0.740. The van der Waals surface area contributed by atoms with Crippen molar-refractivity contribution in [2.75, 3.05) is 36.8 Å². The van der Waals surface area contributed by atoms with Gasteiger partial charge in [-0.2, -0.15) is 0 Å². The summed E-state index contributed by atoms with van der Waals surface area (Å²) in [5.74, 6) is 1.28. The molecule has 1 fully saturated rings. The first-order chi connectivity index (χ1) is 9.40. The van der Waals surface area contributed by atoms with Crippen molar-refractivity contribution in [1.29, 1.82) is 0 Å². The lowest BCUT2D eigenvalue weighted by Crippen LogP contribution is -2.28. The molecule has 2 rings (SSSR count). The van der Waals surface area contributed by atoms with Crippen molar-refractivity contribution in [1.82, 2.24) is 9.29 Å². The van der Waals surface area contributed by atoms with E-state index in [1.54, 1.807) is 0 Å². The average molecular weight is 279 g/mol. The minimum absolute atomic E-state index is 1.12. The molecule has 2 heterocycles. The Labute approximate surface area is 121 Å². The molecule has 4 heteroatoms. The van der Waals surface area contributed by atoms with Gasteiger partial charge in [0, 0.05) is 38.1 Å². The third kappa shape index (κ3) is 5.03. The van der Waals surface area contributed by atoms with Crippen molar-refractivity contribution in [2.45, 2.75) is 32.6 Å². The number of nitrogens with zero attached hydrogens (tertiary/aromatic N) is 3. The van der Waals surface area contributed by atoms with Gasteiger partial charge >= 0.3 is 0 Å². The molecule has 0 bridgehead atoms. The molecule has 0 radical (unpaired) electrons. The van der Waals surface area contributed by atoms with Gasteiger partial charge in [-0.15, -0.1) is 0 Å². The molecule has 19 heavy (non-hydrogen) atoms. The molecule has 3 nitrogen and oxygen atoms in total. The summed E-state index contributed by atoms with van der Waals surface area (Å²) in [6.45, 7) is 6.91. The van der Waals surface area contributed by atoms with Crippen molar-refractivity contribution in [2.24, 2.45) is 0 Å². The quantitative estimate of drug-likeness (QED) is 0.586. The normalized spacial score (nSPS) is 17.4. The molecule has 0 unspecified atom stereocenters. The van der Waals surface area contributed by atoms with Gasteiger partial charge < -0.3 is 4.90 Å². The van der Waals surface area contributed by atoms with Crippen LogP contribution in [-0.4, -0.2) is 41.2 Å². The fraction of sp³-hybridized carbons (Fsp3) is 0.667. The molecule has 0 atom stereocenters. The highest BCUT2D eigenvalue weighted by atomic mass is 32.2. The number of unbranched alkanes of at least 4 members (excludes halogenated alkanes) is 2. The van der Waals surface area contributed by atoms with E-state index in [9.17, 15) is 0 Å². The smallest absolute Gasteiger partial charge is 0.0553 e. The van der Waals surface area contributed by atoms with E-state index < -0.39 is 0 Å². The molecule has 1 aromatic rings. The second-order valence-electron chi connectivity index (χ2n) is 5.02. The number of anilines is 1. The zero-order valence-corrected chi connectivity index (χ0v) is 12.7. The minimum Gasteiger partial charge on any atom is -0.369 e. The second kappa shape index (κ2) is 8.43. The summed E-state index contributed by atoms with van der Waals surface area (Å²) in [6.07, 6.45) is 9.10. The number of hydrogen-bond acceptors (Lipinski definition) is 4. The van der Waals surface area contributed by atoms with Crippen LogP contribution in [0.1, 0.15) is 32.6 Å². The fourth-order valence-electron chi connectivity index (χ4n) is 2.37. The summed E-state index contributed by atoms with van der Waals surface area (Å²) < 4.78 is 2.55. The van der Waals surface area contributed by atoms with Gasteiger partial charge in [0.25, 0.3) is 0 Å². The van der Waals surface area contributed by atoms with Crippen LogP contribution in [0.25, 0.3) is 0 Å². The van der Waals surface area contributed by atoms with Gasteiger partial charge in [-0.1, -0.05) is 31.7 Å². The highest BCUT2D eigenvalue weighted by Crippen LogP contribution is 2.19. The Balaban J connectivity index is 1.75. The molecule has 106 valence electrons. The molecular formula is C15H25N3S. The van der Waals surface area contributed by atoms with Gasteiger partial charge in [-0.25, -0.2) is 4.31 Å². The molecule has 1 saturated heterocycles. The van der Waals surface area contributed by atoms with Crippen LogP contribution in [0, 0.1) is 0 Å². The molecule has 1 aliphatic rings. The lowest BCUT2D eigenvalue weighted by atomic mass is 10.3. The highest BCUT2D eigenvalue weighted by molar-refractivity contribution is 7.97. The monoisotopic (exact) mass is 279 g/mol. The SMILES string of the molecule is CCCCCSN1CCCN(c2cccnc2)CC1. The number of rotatable bonds is 6. The first-order valence-corrected chi connectivity index (χ1v) is 8.37. The highest BCUT2D eigenvalue weighted by Gasteiger charge is 2.15. The molecule has 0 N–H and O–H groups in total. The van der Waals surface area contributed by atoms with Crippen molar-refractivity contribution in [3.8, 4) is 0 Å². The van der Waals surface area contributed by atoms with E-state index in [1.165, 1.54) is 43.7 Å². The summed E-state index contributed by atoms with van der Waals surface area (Å²) in [5, 5.41) is 0. The van der Waals surface area contributed by atoms with E-state index in [2.05, 4.69) is 27.2 Å². The molecule has 1 aliphatic heterocycles. The lowest BCUT2D eigenvalue weighted by molar-refractivity contribution is 0.503. The van der Waals surface area contributed by atoms with E-state index in [-0.39, 0.29) is 0 Å². The van der Waals surface area contributed by atoms with Crippen LogP contribution in [0.2, 0.25) is 0 Å². The molecule has 0 saturated carbocycles. The van der Waals surface area contributed by atoms with Gasteiger partial charge in [-0.05, 0) is 25.0 Å². The summed E-state index contributed by atoms with van der Waals surface area (Å²) in [5.41, 5.74) is 1.26. The molecule has 0 aliphatic carbocycles. The summed E-state index contributed by atoms with van der Waals surface area (Å²) in [6, 6.07) is 4.19. The van der Waals surface area contributed by atoms with Gasteiger partial charge in [0.15, 0.2) is 0 Å². The molecule has 0 spiro atoms. The zero-order valence-electron chi connectivity index (χ0n) is 11.9. The maximum absolute atomic E-state index is 4.22. The van der Waals surface area contributed by atoms with Crippen LogP contribution < -0.4 is 4.90 Å². The Morgan fingerprint density at radius 3 is 2.95 bits per heavy atom. The van der Waals surface area contributed by atoms with E-state index in [0.29, 0.717) is 0 Å². The fourth-order valence-corrected chi connectivity index (χ4v) is 3.43. The van der Waals surface area contributed by atoms with E-state index >= 15 is 0 Å². The summed E-state index contributed by atoms with van der Waals surface area (Å²) >= 11 is 2.04. The molecule has 1 aromatic heterocycles. The number of pyridine rings is 1. The van der Waals surface area contributed by atoms with Crippen LogP contribution >= 0.6 is 11.9 Å². The standard InChI is InChI=1S/C15H25N3S/c1-2-3-4-13-19-18-10-6-9-17(11-12-18)15-7-5-8-16-14-15/h5,7-8,14H,2-4,6,9-13H2,1H3. The van der Waals surface area contributed by atoms with Crippen LogP contribution in [0.15, 0.2) is 24.5 Å². The first kappa shape index (κ1) is 14.7. The van der Waals surface area contributed by atoms with E-state index in [0.717, 1.165) is 19.6 Å². The van der Waals surface area contributed by atoms with Crippen molar-refractivity contribution < 1.29 is 0 Å². The van der Waals surface area contributed by atoms with Gasteiger partial charge in [-0.3, -0.25) is 4.98 Å². The first-order valence-electron chi connectivity index (χ1n) is 7.43. The maximum atomic E-state index is 4.22. The Morgan fingerprint density at radius 1 is 1.21 bits per heavy atom. The summed E-state index contributed by atoms with van der Waals surface area (Å²) in [4.78, 5) is 6.68. The average Bonchev–Trinajstić information content (AvgIpc) is 2.70.